The van der Waals surface area contributed by atoms with Gasteiger partial charge >= 0.3 is 6.03 Å². The lowest BCUT2D eigenvalue weighted by Crippen LogP contribution is -2.49. The first-order valence-corrected chi connectivity index (χ1v) is 9.28. The molecule has 1 atom stereocenters. The van der Waals surface area contributed by atoms with Gasteiger partial charge in [-0.05, 0) is 37.5 Å². The van der Waals surface area contributed by atoms with Gasteiger partial charge in [0.05, 0.1) is 17.7 Å². The quantitative estimate of drug-likeness (QED) is 0.826. The Kier molecular flexibility index (Phi) is 5.17. The van der Waals surface area contributed by atoms with E-state index in [0.717, 1.165) is 29.7 Å². The molecule has 0 bridgehead atoms. The van der Waals surface area contributed by atoms with Crippen LogP contribution in [0.3, 0.4) is 0 Å². The van der Waals surface area contributed by atoms with E-state index in [-0.39, 0.29) is 24.4 Å². The van der Waals surface area contributed by atoms with E-state index in [1.165, 1.54) is 4.90 Å². The number of carbonyl (C=O) groups excluding carboxylic acids is 3. The molecule has 142 valence electrons. The second-order valence-corrected chi connectivity index (χ2v) is 7.35. The number of imide groups is 1. The Morgan fingerprint density at radius 3 is 2.44 bits per heavy atom. The van der Waals surface area contributed by atoms with E-state index in [4.69, 9.17) is 5.26 Å². The first kappa shape index (κ1) is 18.9. The van der Waals surface area contributed by atoms with Gasteiger partial charge in [0, 0.05) is 7.05 Å². The number of hydrogen-bond donors (Lipinski definition) is 1. The fourth-order valence-electron chi connectivity index (χ4n) is 4.03. The van der Waals surface area contributed by atoms with Gasteiger partial charge in [-0.1, -0.05) is 31.4 Å². The fraction of sp³-hybridized carbons (Fsp3) is 0.500. The highest BCUT2D eigenvalue weighted by atomic mass is 16.2. The van der Waals surface area contributed by atoms with Gasteiger partial charge in [0.2, 0.25) is 5.91 Å². The molecule has 1 spiro atoms. The molecule has 1 saturated heterocycles. The van der Waals surface area contributed by atoms with Crippen LogP contribution in [0.25, 0.3) is 0 Å². The van der Waals surface area contributed by atoms with Gasteiger partial charge in [-0.15, -0.1) is 0 Å². The van der Waals surface area contributed by atoms with Crippen LogP contribution in [0, 0.1) is 11.3 Å². The summed E-state index contributed by atoms with van der Waals surface area (Å²) in [7, 11) is 1.66. The molecule has 1 aromatic carbocycles. The molecule has 1 aromatic rings. The summed E-state index contributed by atoms with van der Waals surface area (Å²) < 4.78 is 0. The number of nitrogens with zero attached hydrogens (tertiary/aromatic N) is 3. The first-order valence-electron chi connectivity index (χ1n) is 9.28. The van der Waals surface area contributed by atoms with Crippen LogP contribution < -0.4 is 5.32 Å². The van der Waals surface area contributed by atoms with E-state index in [1.807, 2.05) is 6.92 Å². The van der Waals surface area contributed by atoms with Crippen molar-refractivity contribution in [2.45, 2.75) is 50.6 Å². The Bertz CT molecular complexity index is 790. The lowest BCUT2D eigenvalue weighted by atomic mass is 9.81. The molecule has 2 aliphatic rings. The Hall–Kier alpha value is -2.88. The third-order valence-electron chi connectivity index (χ3n) is 5.70. The summed E-state index contributed by atoms with van der Waals surface area (Å²) in [5.74, 6) is -0.634. The van der Waals surface area contributed by atoms with Crippen molar-refractivity contribution >= 4 is 17.8 Å². The van der Waals surface area contributed by atoms with Crippen LogP contribution >= 0.6 is 0 Å². The Morgan fingerprint density at radius 2 is 1.85 bits per heavy atom. The van der Waals surface area contributed by atoms with Gasteiger partial charge in [0.25, 0.3) is 5.91 Å². The van der Waals surface area contributed by atoms with Crippen LogP contribution in [-0.4, -0.2) is 46.8 Å². The highest BCUT2D eigenvalue weighted by Crippen LogP contribution is 2.39. The zero-order chi connectivity index (χ0) is 19.6. The minimum atomic E-state index is -0.769. The van der Waals surface area contributed by atoms with E-state index in [2.05, 4.69) is 11.4 Å². The number of carbonyl (C=O) groups is 3. The Balaban J connectivity index is 1.65. The zero-order valence-electron chi connectivity index (χ0n) is 15.7. The lowest BCUT2D eigenvalue weighted by molar-refractivity contribution is -0.137. The van der Waals surface area contributed by atoms with Crippen LogP contribution in [0.2, 0.25) is 0 Å². The van der Waals surface area contributed by atoms with Crippen molar-refractivity contribution < 1.29 is 14.4 Å². The van der Waals surface area contributed by atoms with E-state index < -0.39 is 11.6 Å². The molecule has 0 aromatic heterocycles. The largest absolute Gasteiger partial charge is 0.348 e. The number of hydrogen-bond acceptors (Lipinski definition) is 4. The predicted molar refractivity (Wildman–Crippen MR) is 98.4 cm³/mol. The number of urea groups is 1. The van der Waals surface area contributed by atoms with Crippen molar-refractivity contribution in [2.75, 3.05) is 13.6 Å². The summed E-state index contributed by atoms with van der Waals surface area (Å²) in [5.41, 5.74) is 0.627. The molecule has 7 heteroatoms. The van der Waals surface area contributed by atoms with Gasteiger partial charge in [0.15, 0.2) is 0 Å². The smallest absolute Gasteiger partial charge is 0.327 e. The molecular weight excluding hydrogens is 344 g/mol. The van der Waals surface area contributed by atoms with Gasteiger partial charge in [-0.25, -0.2) is 4.79 Å². The monoisotopic (exact) mass is 368 g/mol. The van der Waals surface area contributed by atoms with E-state index in [1.54, 1.807) is 31.3 Å². The van der Waals surface area contributed by atoms with Crippen molar-refractivity contribution in [3.05, 3.63) is 35.4 Å². The van der Waals surface area contributed by atoms with Crippen molar-refractivity contribution in [2.24, 2.45) is 0 Å². The SMILES string of the molecule is CC(NC(=O)CN1C(=O)N(C)C2(CCCCC2)C1=O)c1ccc(C#N)cc1. The number of nitrogens with one attached hydrogen (secondary N) is 1. The molecule has 1 unspecified atom stereocenters. The average molecular weight is 368 g/mol. The fourth-order valence-corrected chi connectivity index (χ4v) is 4.03. The Morgan fingerprint density at radius 1 is 1.22 bits per heavy atom. The number of nitriles is 1. The number of amides is 4. The third-order valence-corrected chi connectivity index (χ3v) is 5.70. The molecule has 7 nitrogen and oxygen atoms in total. The summed E-state index contributed by atoms with van der Waals surface area (Å²) in [4.78, 5) is 40.5. The summed E-state index contributed by atoms with van der Waals surface area (Å²) in [6.45, 7) is 1.55. The predicted octanol–water partition coefficient (Wildman–Crippen LogP) is 2.33. The lowest BCUT2D eigenvalue weighted by Gasteiger charge is -2.35. The topological polar surface area (TPSA) is 93.5 Å². The van der Waals surface area contributed by atoms with Crippen LogP contribution in [0.5, 0.6) is 0 Å². The maximum Gasteiger partial charge on any atom is 0.327 e. The summed E-state index contributed by atoms with van der Waals surface area (Å²) in [6.07, 6.45) is 4.22. The van der Waals surface area contributed by atoms with Gasteiger partial charge in [-0.2, -0.15) is 5.26 Å². The highest BCUT2D eigenvalue weighted by Gasteiger charge is 2.55. The van der Waals surface area contributed by atoms with E-state index in [9.17, 15) is 14.4 Å². The number of benzene rings is 1. The van der Waals surface area contributed by atoms with Crippen molar-refractivity contribution in [3.63, 3.8) is 0 Å². The maximum absolute atomic E-state index is 12.9. The van der Waals surface area contributed by atoms with Crippen molar-refractivity contribution in [1.82, 2.24) is 15.1 Å². The average Bonchev–Trinajstić information content (AvgIpc) is 2.85. The van der Waals surface area contributed by atoms with Crippen LogP contribution in [-0.2, 0) is 9.59 Å². The number of rotatable bonds is 4. The molecule has 1 heterocycles. The second kappa shape index (κ2) is 7.39. The van der Waals surface area contributed by atoms with Gasteiger partial charge in [-0.3, -0.25) is 14.5 Å². The number of likely N-dealkylation sites (N-methyl/N-ethyl adjacent to an activating group) is 1. The van der Waals surface area contributed by atoms with E-state index >= 15 is 0 Å². The Labute approximate surface area is 158 Å². The van der Waals surface area contributed by atoms with Crippen molar-refractivity contribution in [1.29, 1.82) is 5.26 Å². The normalized spacial score (nSPS) is 19.9. The molecule has 3 rings (SSSR count). The standard InChI is InChI=1S/C20H24N4O3/c1-14(16-8-6-15(12-21)7-9-16)22-17(25)13-24-18(26)20(23(2)19(24)27)10-4-3-5-11-20/h6-9,14H,3-5,10-11,13H2,1-2H3,(H,22,25). The van der Waals surface area contributed by atoms with Crippen LogP contribution in [0.15, 0.2) is 24.3 Å². The maximum atomic E-state index is 12.9. The van der Waals surface area contributed by atoms with Crippen molar-refractivity contribution in [3.8, 4) is 6.07 Å². The molecule has 2 fully saturated rings. The first-order chi connectivity index (χ1) is 12.9. The van der Waals surface area contributed by atoms with Crippen LogP contribution in [0.4, 0.5) is 4.79 Å². The molecule has 1 aliphatic heterocycles. The van der Waals surface area contributed by atoms with Crippen LogP contribution in [0.1, 0.15) is 56.2 Å². The van der Waals surface area contributed by atoms with Gasteiger partial charge in [0.1, 0.15) is 12.1 Å². The van der Waals surface area contributed by atoms with Gasteiger partial charge < -0.3 is 10.2 Å². The van der Waals surface area contributed by atoms with E-state index in [0.29, 0.717) is 18.4 Å². The molecule has 1 N–H and O–H groups in total. The summed E-state index contributed by atoms with van der Waals surface area (Å²) >= 11 is 0. The molecule has 27 heavy (non-hydrogen) atoms. The molecule has 0 radical (unpaired) electrons. The molecule has 1 aliphatic carbocycles. The minimum absolute atomic E-state index is 0.254. The molecule has 1 saturated carbocycles. The third kappa shape index (κ3) is 3.39. The zero-order valence-corrected chi connectivity index (χ0v) is 15.7. The molecule has 4 amide bonds. The molecular formula is C20H24N4O3. The summed E-state index contributed by atoms with van der Waals surface area (Å²) in [6, 6.07) is 8.29. The highest BCUT2D eigenvalue weighted by molar-refractivity contribution is 6.08. The second-order valence-electron chi connectivity index (χ2n) is 7.35. The summed E-state index contributed by atoms with van der Waals surface area (Å²) in [5, 5.41) is 11.7. The minimum Gasteiger partial charge on any atom is -0.348 e.